The van der Waals surface area contributed by atoms with Crippen LogP contribution in [0.2, 0.25) is 0 Å². The molecule has 0 saturated carbocycles. The van der Waals surface area contributed by atoms with Gasteiger partial charge in [-0.05, 0) is 26.2 Å². The first-order valence-electron chi connectivity index (χ1n) is 8.99. The first-order valence-corrected chi connectivity index (χ1v) is 8.99. The number of hydrogen-bond donors (Lipinski definition) is 0. The smallest absolute Gasteiger partial charge is 0.203 e. The zero-order valence-corrected chi connectivity index (χ0v) is 17.3. The Labute approximate surface area is 165 Å². The summed E-state index contributed by atoms with van der Waals surface area (Å²) in [6.45, 7) is 1.79. The molecule has 28 heavy (non-hydrogen) atoms. The predicted octanol–water partition coefficient (Wildman–Crippen LogP) is 2.42. The van der Waals surface area contributed by atoms with Crippen LogP contribution >= 0.6 is 0 Å². The average Bonchev–Trinajstić information content (AvgIpc) is 3.18. The van der Waals surface area contributed by atoms with E-state index in [1.54, 1.807) is 27.5 Å². The van der Waals surface area contributed by atoms with E-state index in [9.17, 15) is 0 Å². The predicted molar refractivity (Wildman–Crippen MR) is 110 cm³/mol. The second-order valence-corrected chi connectivity index (χ2v) is 6.74. The molecule has 0 amide bonds. The SMILES string of the molecule is COc1cc(-c2cc(N(C)CCN(C)C)n3nccc3n2)cc(OC)c1OC. The Morgan fingerprint density at radius 1 is 0.929 bits per heavy atom. The first-order chi connectivity index (χ1) is 13.5. The van der Waals surface area contributed by atoms with E-state index in [-0.39, 0.29) is 0 Å². The van der Waals surface area contributed by atoms with Crippen LogP contribution in [0.3, 0.4) is 0 Å². The molecule has 3 aromatic rings. The standard InChI is InChI=1S/C20H27N5O3/c1-23(2)9-10-24(3)19-13-15(22-18-7-8-21-25(18)19)14-11-16(26-4)20(28-6)17(12-14)27-5/h7-8,11-13H,9-10H2,1-6H3. The molecule has 0 fully saturated rings. The summed E-state index contributed by atoms with van der Waals surface area (Å²) in [7, 11) is 11.0. The molecule has 8 nitrogen and oxygen atoms in total. The fraction of sp³-hybridized carbons (Fsp3) is 0.400. The molecule has 0 spiro atoms. The highest BCUT2D eigenvalue weighted by molar-refractivity contribution is 5.72. The van der Waals surface area contributed by atoms with Crippen LogP contribution in [-0.4, -0.2) is 75.1 Å². The lowest BCUT2D eigenvalue weighted by molar-refractivity contribution is 0.324. The number of nitrogens with zero attached hydrogens (tertiary/aromatic N) is 5. The van der Waals surface area contributed by atoms with Crippen molar-refractivity contribution in [3.8, 4) is 28.5 Å². The highest BCUT2D eigenvalue weighted by atomic mass is 16.5. The van der Waals surface area contributed by atoms with Gasteiger partial charge in [-0.2, -0.15) is 9.61 Å². The van der Waals surface area contributed by atoms with Gasteiger partial charge >= 0.3 is 0 Å². The van der Waals surface area contributed by atoms with Crippen molar-refractivity contribution in [3.05, 3.63) is 30.5 Å². The van der Waals surface area contributed by atoms with E-state index >= 15 is 0 Å². The Balaban J connectivity index is 2.11. The summed E-state index contributed by atoms with van der Waals surface area (Å²) in [4.78, 5) is 9.08. The van der Waals surface area contributed by atoms with Crippen LogP contribution in [-0.2, 0) is 0 Å². The zero-order valence-electron chi connectivity index (χ0n) is 17.3. The van der Waals surface area contributed by atoms with Crippen LogP contribution in [0.25, 0.3) is 16.9 Å². The highest BCUT2D eigenvalue weighted by Crippen LogP contribution is 2.41. The third-order valence-electron chi connectivity index (χ3n) is 4.57. The minimum absolute atomic E-state index is 0.558. The van der Waals surface area contributed by atoms with Crippen LogP contribution in [0.1, 0.15) is 0 Å². The van der Waals surface area contributed by atoms with Crippen molar-refractivity contribution in [1.29, 1.82) is 0 Å². The first kappa shape index (κ1) is 19.8. The Morgan fingerprint density at radius 3 is 2.18 bits per heavy atom. The molecule has 150 valence electrons. The maximum Gasteiger partial charge on any atom is 0.203 e. The maximum atomic E-state index is 5.49. The van der Waals surface area contributed by atoms with E-state index in [1.165, 1.54) is 0 Å². The van der Waals surface area contributed by atoms with Gasteiger partial charge in [0.15, 0.2) is 17.1 Å². The van der Waals surface area contributed by atoms with Crippen molar-refractivity contribution in [1.82, 2.24) is 19.5 Å². The van der Waals surface area contributed by atoms with Crippen molar-refractivity contribution in [2.75, 3.05) is 60.5 Å². The van der Waals surface area contributed by atoms with E-state index in [2.05, 4.69) is 36.0 Å². The van der Waals surface area contributed by atoms with Crippen LogP contribution in [0.5, 0.6) is 17.2 Å². The van der Waals surface area contributed by atoms with E-state index in [0.29, 0.717) is 17.2 Å². The summed E-state index contributed by atoms with van der Waals surface area (Å²) in [6, 6.07) is 7.72. The van der Waals surface area contributed by atoms with Crippen molar-refractivity contribution >= 4 is 11.5 Å². The van der Waals surface area contributed by atoms with Gasteiger partial charge in [0.2, 0.25) is 5.75 Å². The molecule has 0 unspecified atom stereocenters. The molecule has 0 N–H and O–H groups in total. The van der Waals surface area contributed by atoms with Crippen LogP contribution in [0.4, 0.5) is 5.82 Å². The van der Waals surface area contributed by atoms with Gasteiger partial charge in [0.1, 0.15) is 5.82 Å². The Hall–Kier alpha value is -3.00. The number of hydrogen-bond acceptors (Lipinski definition) is 7. The molecule has 1 aromatic carbocycles. The van der Waals surface area contributed by atoms with Gasteiger partial charge in [0, 0.05) is 37.8 Å². The van der Waals surface area contributed by atoms with Gasteiger partial charge in [0.25, 0.3) is 0 Å². The fourth-order valence-corrected chi connectivity index (χ4v) is 3.01. The summed E-state index contributed by atoms with van der Waals surface area (Å²) >= 11 is 0. The monoisotopic (exact) mass is 385 g/mol. The molecule has 0 saturated heterocycles. The topological polar surface area (TPSA) is 64.4 Å². The molecule has 2 aromatic heterocycles. The van der Waals surface area contributed by atoms with Gasteiger partial charge in [-0.1, -0.05) is 0 Å². The molecule has 0 aliphatic carbocycles. The molecule has 2 heterocycles. The number of benzene rings is 1. The Kier molecular flexibility index (Phi) is 5.89. The van der Waals surface area contributed by atoms with Gasteiger partial charge < -0.3 is 24.0 Å². The minimum atomic E-state index is 0.558. The van der Waals surface area contributed by atoms with E-state index < -0.39 is 0 Å². The van der Waals surface area contributed by atoms with Crippen LogP contribution in [0.15, 0.2) is 30.5 Å². The molecule has 0 radical (unpaired) electrons. The fourth-order valence-electron chi connectivity index (χ4n) is 3.01. The molecule has 8 heteroatoms. The summed E-state index contributed by atoms with van der Waals surface area (Å²) in [5.74, 6) is 2.70. The number of ether oxygens (including phenoxy) is 3. The van der Waals surface area contributed by atoms with Crippen LogP contribution in [0, 0.1) is 0 Å². The van der Waals surface area contributed by atoms with E-state index in [1.807, 2.05) is 28.8 Å². The lowest BCUT2D eigenvalue weighted by atomic mass is 10.1. The minimum Gasteiger partial charge on any atom is -0.493 e. The van der Waals surface area contributed by atoms with Crippen molar-refractivity contribution in [3.63, 3.8) is 0 Å². The molecule has 3 rings (SSSR count). The summed E-state index contributed by atoms with van der Waals surface area (Å²) in [6.07, 6.45) is 1.75. The summed E-state index contributed by atoms with van der Waals surface area (Å²) in [5, 5.41) is 4.43. The number of methoxy groups -OCH3 is 3. The maximum absolute atomic E-state index is 5.49. The molecular weight excluding hydrogens is 358 g/mol. The number of aromatic nitrogens is 3. The second-order valence-electron chi connectivity index (χ2n) is 6.74. The third-order valence-corrected chi connectivity index (χ3v) is 4.57. The largest absolute Gasteiger partial charge is 0.493 e. The molecule has 0 aliphatic rings. The highest BCUT2D eigenvalue weighted by Gasteiger charge is 2.17. The molecule has 0 aliphatic heterocycles. The van der Waals surface area contributed by atoms with E-state index in [4.69, 9.17) is 19.2 Å². The normalized spacial score (nSPS) is 11.1. The Bertz CT molecular complexity index is 929. The van der Waals surface area contributed by atoms with Crippen LogP contribution < -0.4 is 19.1 Å². The number of anilines is 1. The molecular formula is C20H27N5O3. The number of fused-ring (bicyclic) bond motifs is 1. The van der Waals surface area contributed by atoms with Crippen molar-refractivity contribution in [2.24, 2.45) is 0 Å². The second kappa shape index (κ2) is 8.35. The zero-order chi connectivity index (χ0) is 20.3. The number of rotatable bonds is 8. The third kappa shape index (κ3) is 3.82. The van der Waals surface area contributed by atoms with Crippen molar-refractivity contribution < 1.29 is 14.2 Å². The molecule has 0 atom stereocenters. The lowest BCUT2D eigenvalue weighted by Crippen LogP contribution is -2.29. The van der Waals surface area contributed by atoms with Gasteiger partial charge in [0.05, 0.1) is 33.2 Å². The number of likely N-dealkylation sites (N-methyl/N-ethyl adjacent to an activating group) is 2. The average molecular weight is 385 g/mol. The van der Waals surface area contributed by atoms with E-state index in [0.717, 1.165) is 35.8 Å². The quantitative estimate of drug-likeness (QED) is 0.590. The summed E-state index contributed by atoms with van der Waals surface area (Å²) < 4.78 is 18.2. The molecule has 0 bridgehead atoms. The van der Waals surface area contributed by atoms with Gasteiger partial charge in [-0.3, -0.25) is 0 Å². The summed E-state index contributed by atoms with van der Waals surface area (Å²) in [5.41, 5.74) is 2.46. The van der Waals surface area contributed by atoms with Crippen molar-refractivity contribution in [2.45, 2.75) is 0 Å². The Morgan fingerprint density at radius 2 is 1.61 bits per heavy atom. The lowest BCUT2D eigenvalue weighted by Gasteiger charge is -2.22. The van der Waals surface area contributed by atoms with Gasteiger partial charge in [-0.25, -0.2) is 4.98 Å². The van der Waals surface area contributed by atoms with Gasteiger partial charge in [-0.15, -0.1) is 0 Å².